The van der Waals surface area contributed by atoms with E-state index in [-0.39, 0.29) is 22.8 Å². The molecule has 6 nitrogen and oxygen atoms in total. The zero-order valence-corrected chi connectivity index (χ0v) is 19.3. The van der Waals surface area contributed by atoms with Crippen LogP contribution in [-0.2, 0) is 0 Å². The zero-order chi connectivity index (χ0) is 21.1. The topological polar surface area (TPSA) is 105 Å². The minimum atomic E-state index is -0.159. The third kappa shape index (κ3) is 4.95. The number of rotatable bonds is 3. The molecule has 0 bridgehead atoms. The molecular weight excluding hydrogens is 463 g/mol. The van der Waals surface area contributed by atoms with E-state index >= 15 is 0 Å². The van der Waals surface area contributed by atoms with Crippen molar-refractivity contribution in [3.05, 3.63) is 44.1 Å². The summed E-state index contributed by atoms with van der Waals surface area (Å²) < 4.78 is 0.533. The number of benzene rings is 1. The van der Waals surface area contributed by atoms with Crippen molar-refractivity contribution in [1.82, 2.24) is 9.97 Å². The quantitative estimate of drug-likeness (QED) is 0.534. The second-order valence-electron chi connectivity index (χ2n) is 6.69. The zero-order valence-electron chi connectivity index (χ0n) is 16.2. The summed E-state index contributed by atoms with van der Waals surface area (Å²) in [4.78, 5) is 11.0. The molecule has 0 saturated carbocycles. The van der Waals surface area contributed by atoms with Gasteiger partial charge in [-0.15, -0.1) is 0 Å². The minimum Gasteiger partial charge on any atom is -0.382 e. The van der Waals surface area contributed by atoms with Crippen molar-refractivity contribution >= 4 is 56.5 Å². The molecule has 1 aliphatic rings. The summed E-state index contributed by atoms with van der Waals surface area (Å²) in [6.07, 6.45) is 1.72. The van der Waals surface area contributed by atoms with Crippen LogP contribution in [-0.4, -0.2) is 34.3 Å². The van der Waals surface area contributed by atoms with Gasteiger partial charge in [0.05, 0.1) is 15.8 Å². The molecule has 3 rings (SSSR count). The first-order chi connectivity index (χ1) is 13.2. The van der Waals surface area contributed by atoms with Gasteiger partial charge in [-0.25, -0.2) is 9.97 Å². The van der Waals surface area contributed by atoms with Crippen LogP contribution in [0.1, 0.15) is 44.9 Å². The van der Waals surface area contributed by atoms with Crippen molar-refractivity contribution in [2.45, 2.75) is 39.2 Å². The van der Waals surface area contributed by atoms with E-state index in [4.69, 9.17) is 40.1 Å². The van der Waals surface area contributed by atoms with Crippen molar-refractivity contribution in [2.75, 3.05) is 23.7 Å². The van der Waals surface area contributed by atoms with Crippen LogP contribution >= 0.6 is 39.1 Å². The number of hydrogen-bond acceptors (Lipinski definition) is 6. The molecule has 152 valence electrons. The van der Waals surface area contributed by atoms with Crippen LogP contribution in [0.25, 0.3) is 0 Å². The molecule has 0 aliphatic carbocycles. The van der Waals surface area contributed by atoms with Crippen LogP contribution in [0.15, 0.2) is 22.8 Å². The van der Waals surface area contributed by atoms with E-state index in [1.54, 1.807) is 18.2 Å². The van der Waals surface area contributed by atoms with Gasteiger partial charge in [-0.3, -0.25) is 5.41 Å². The number of nitrogens with one attached hydrogen (secondary N) is 1. The third-order valence-electron chi connectivity index (χ3n) is 4.53. The van der Waals surface area contributed by atoms with Gasteiger partial charge in [-0.2, -0.15) is 0 Å². The van der Waals surface area contributed by atoms with Crippen molar-refractivity contribution in [3.63, 3.8) is 0 Å². The first-order valence-corrected chi connectivity index (χ1v) is 10.6. The van der Waals surface area contributed by atoms with Crippen LogP contribution in [0.2, 0.25) is 10.0 Å². The Balaban J connectivity index is 0.00000136. The lowest BCUT2D eigenvalue weighted by molar-refractivity contribution is 0.363. The molecule has 1 aliphatic heterocycles. The van der Waals surface area contributed by atoms with Gasteiger partial charge in [0, 0.05) is 24.2 Å². The maximum atomic E-state index is 8.44. The predicted octanol–water partition coefficient (Wildman–Crippen LogP) is 4.89. The largest absolute Gasteiger partial charge is 0.382 e. The molecule has 0 amide bonds. The predicted molar refractivity (Wildman–Crippen MR) is 122 cm³/mol. The number of nitrogen functional groups attached to an aromatic ring is 1. The van der Waals surface area contributed by atoms with Gasteiger partial charge in [0.25, 0.3) is 0 Å². The van der Waals surface area contributed by atoms with Gasteiger partial charge < -0.3 is 16.4 Å². The molecule has 2 aromatic rings. The first-order valence-electron chi connectivity index (χ1n) is 9.10. The lowest BCUT2D eigenvalue weighted by atomic mass is 9.91. The molecule has 1 fully saturated rings. The SMILES string of the molecule is CC.CC1(N)CCN(c2nc(N)c(C(=N)c3cccc(Cl)c3Cl)nc2Br)CC1. The highest BCUT2D eigenvalue weighted by Gasteiger charge is 2.28. The van der Waals surface area contributed by atoms with Crippen LogP contribution in [0.3, 0.4) is 0 Å². The molecule has 0 unspecified atom stereocenters. The van der Waals surface area contributed by atoms with Crippen LogP contribution in [0, 0.1) is 5.41 Å². The van der Waals surface area contributed by atoms with E-state index in [1.165, 1.54) is 0 Å². The van der Waals surface area contributed by atoms with Crippen molar-refractivity contribution in [1.29, 1.82) is 5.41 Å². The summed E-state index contributed by atoms with van der Waals surface area (Å²) >= 11 is 15.7. The molecule has 0 spiro atoms. The van der Waals surface area contributed by atoms with E-state index < -0.39 is 0 Å². The lowest BCUT2D eigenvalue weighted by Crippen LogP contribution is -2.48. The second-order valence-corrected chi connectivity index (χ2v) is 8.23. The first kappa shape index (κ1) is 22.9. The average Bonchev–Trinajstić information content (AvgIpc) is 2.67. The van der Waals surface area contributed by atoms with Crippen molar-refractivity contribution in [2.24, 2.45) is 5.73 Å². The van der Waals surface area contributed by atoms with Gasteiger partial charge >= 0.3 is 0 Å². The highest BCUT2D eigenvalue weighted by molar-refractivity contribution is 9.10. The van der Waals surface area contributed by atoms with E-state index in [2.05, 4.69) is 37.7 Å². The van der Waals surface area contributed by atoms with Crippen molar-refractivity contribution < 1.29 is 0 Å². The Hall–Kier alpha value is -1.41. The Morgan fingerprint density at radius 3 is 2.43 bits per heavy atom. The fraction of sp³-hybridized carbons (Fsp3) is 0.421. The molecule has 0 atom stereocenters. The number of hydrogen-bond donors (Lipinski definition) is 3. The normalized spacial score (nSPS) is 15.6. The van der Waals surface area contributed by atoms with Crippen LogP contribution in [0.5, 0.6) is 0 Å². The number of piperidine rings is 1. The van der Waals surface area contributed by atoms with Gasteiger partial charge in [0.1, 0.15) is 10.3 Å². The molecule has 28 heavy (non-hydrogen) atoms. The number of nitrogens with zero attached hydrogens (tertiary/aromatic N) is 3. The van der Waals surface area contributed by atoms with Gasteiger partial charge in [0.2, 0.25) is 0 Å². The maximum absolute atomic E-state index is 8.44. The Morgan fingerprint density at radius 1 is 1.21 bits per heavy atom. The molecule has 9 heteroatoms. The number of halogens is 3. The third-order valence-corrected chi connectivity index (χ3v) is 5.88. The Labute approximate surface area is 184 Å². The number of anilines is 2. The Bertz CT molecular complexity index is 862. The average molecular weight is 488 g/mol. The molecule has 0 radical (unpaired) electrons. The maximum Gasteiger partial charge on any atom is 0.164 e. The Morgan fingerprint density at radius 2 is 1.82 bits per heavy atom. The van der Waals surface area contributed by atoms with Gasteiger partial charge in [-0.05, 0) is 41.8 Å². The van der Waals surface area contributed by atoms with Crippen LogP contribution in [0.4, 0.5) is 11.6 Å². The van der Waals surface area contributed by atoms with E-state index in [9.17, 15) is 0 Å². The van der Waals surface area contributed by atoms with Crippen molar-refractivity contribution in [3.8, 4) is 0 Å². The monoisotopic (exact) mass is 486 g/mol. The highest BCUT2D eigenvalue weighted by atomic mass is 79.9. The molecule has 5 N–H and O–H groups in total. The van der Waals surface area contributed by atoms with Gasteiger partial charge in [-0.1, -0.05) is 49.2 Å². The molecule has 1 saturated heterocycles. The van der Waals surface area contributed by atoms with Crippen LogP contribution < -0.4 is 16.4 Å². The standard InChI is InChI=1S/C17H19BrCl2N6.C2H6/c1-17(23)5-7-26(8-6-17)16-14(18)24-13(15(22)25-16)12(21)9-3-2-4-10(19)11(9)20;1-2/h2-4,21H,5-8,23H2,1H3,(H2,22,25);1-2H3. The summed E-state index contributed by atoms with van der Waals surface area (Å²) in [5.41, 5.74) is 12.9. The fourth-order valence-corrected chi connectivity index (χ4v) is 3.77. The summed E-state index contributed by atoms with van der Waals surface area (Å²) in [5, 5.41) is 9.10. The van der Waals surface area contributed by atoms with Gasteiger partial charge in [0.15, 0.2) is 11.6 Å². The molecule has 1 aromatic carbocycles. The Kier molecular flexibility index (Phi) is 7.67. The smallest absolute Gasteiger partial charge is 0.164 e. The van der Waals surface area contributed by atoms with E-state index in [0.29, 0.717) is 26.0 Å². The summed E-state index contributed by atoms with van der Waals surface area (Å²) in [6, 6.07) is 5.09. The number of aromatic nitrogens is 2. The fourth-order valence-electron chi connectivity index (χ4n) is 2.86. The number of nitrogens with two attached hydrogens (primary N) is 2. The summed E-state index contributed by atoms with van der Waals surface area (Å²) in [5.74, 6) is 0.831. The molecule has 2 heterocycles. The minimum absolute atomic E-state index is 0.0722. The van der Waals surface area contributed by atoms with E-state index in [1.807, 2.05) is 13.8 Å². The highest BCUT2D eigenvalue weighted by Crippen LogP contribution is 2.32. The second kappa shape index (κ2) is 9.39. The summed E-state index contributed by atoms with van der Waals surface area (Å²) in [6.45, 7) is 7.60. The molecule has 1 aromatic heterocycles. The van der Waals surface area contributed by atoms with E-state index in [0.717, 1.165) is 25.9 Å². The lowest BCUT2D eigenvalue weighted by Gasteiger charge is -2.37. The summed E-state index contributed by atoms with van der Waals surface area (Å²) in [7, 11) is 0. The molecular formula is C19H25BrCl2N6.